The summed E-state index contributed by atoms with van der Waals surface area (Å²) < 4.78 is 15.1. The highest BCUT2D eigenvalue weighted by Crippen LogP contribution is 2.21. The third kappa shape index (κ3) is 2.92. The molecule has 0 radical (unpaired) electrons. The number of nitrogens with zero attached hydrogens (tertiary/aromatic N) is 2. The van der Waals surface area contributed by atoms with E-state index in [9.17, 15) is 9.50 Å². The minimum atomic E-state index is -0.673. The Balaban J connectivity index is 2.12. The van der Waals surface area contributed by atoms with E-state index in [-0.39, 0.29) is 5.82 Å². The number of aryl methyl sites for hydroxylation is 1. The SMILES string of the molecule is Cn1ccc(C(O)Cc2ccc(F)c(Br)c2)n1. The molecule has 0 bridgehead atoms. The molecule has 1 aromatic carbocycles. The van der Waals surface area contributed by atoms with Gasteiger partial charge in [-0.25, -0.2) is 4.39 Å². The molecule has 1 atom stereocenters. The Morgan fingerprint density at radius 3 is 2.82 bits per heavy atom. The Kier molecular flexibility index (Phi) is 3.59. The van der Waals surface area contributed by atoms with Crippen molar-refractivity contribution < 1.29 is 9.50 Å². The summed E-state index contributed by atoms with van der Waals surface area (Å²) in [6, 6.07) is 6.47. The van der Waals surface area contributed by atoms with Gasteiger partial charge in [-0.1, -0.05) is 6.07 Å². The lowest BCUT2D eigenvalue weighted by Gasteiger charge is -2.08. The van der Waals surface area contributed by atoms with Crippen LogP contribution in [0.5, 0.6) is 0 Å². The van der Waals surface area contributed by atoms with Crippen LogP contribution < -0.4 is 0 Å². The standard InChI is InChI=1S/C12H12BrFN2O/c1-16-5-4-11(15-16)12(17)7-8-2-3-10(14)9(13)6-8/h2-6,12,17H,7H2,1H3. The molecule has 1 aromatic heterocycles. The van der Waals surface area contributed by atoms with Crippen molar-refractivity contribution in [1.82, 2.24) is 9.78 Å². The number of aliphatic hydroxyl groups excluding tert-OH is 1. The summed E-state index contributed by atoms with van der Waals surface area (Å²) in [5.74, 6) is -0.305. The molecule has 3 nitrogen and oxygen atoms in total. The maximum atomic E-state index is 13.0. The Morgan fingerprint density at radius 1 is 1.47 bits per heavy atom. The molecule has 0 spiro atoms. The molecular weight excluding hydrogens is 287 g/mol. The highest BCUT2D eigenvalue weighted by molar-refractivity contribution is 9.10. The highest BCUT2D eigenvalue weighted by atomic mass is 79.9. The van der Waals surface area contributed by atoms with E-state index in [4.69, 9.17) is 0 Å². The Morgan fingerprint density at radius 2 is 2.24 bits per heavy atom. The van der Waals surface area contributed by atoms with Crippen molar-refractivity contribution in [3.05, 3.63) is 52.0 Å². The first-order valence-electron chi connectivity index (χ1n) is 5.18. The van der Waals surface area contributed by atoms with Gasteiger partial charge >= 0.3 is 0 Å². The summed E-state index contributed by atoms with van der Waals surface area (Å²) in [5, 5.41) is 14.1. The van der Waals surface area contributed by atoms with Crippen molar-refractivity contribution in [2.75, 3.05) is 0 Å². The minimum absolute atomic E-state index is 0.305. The second-order valence-electron chi connectivity index (χ2n) is 3.88. The van der Waals surface area contributed by atoms with Crippen LogP contribution in [0.2, 0.25) is 0 Å². The zero-order valence-corrected chi connectivity index (χ0v) is 10.9. The summed E-state index contributed by atoms with van der Waals surface area (Å²) in [6.07, 6.45) is 1.52. The van der Waals surface area contributed by atoms with Crippen LogP contribution in [0.1, 0.15) is 17.4 Å². The average molecular weight is 299 g/mol. The monoisotopic (exact) mass is 298 g/mol. The van der Waals surface area contributed by atoms with E-state index in [1.807, 2.05) is 0 Å². The van der Waals surface area contributed by atoms with Gasteiger partial charge in [-0.2, -0.15) is 5.10 Å². The van der Waals surface area contributed by atoms with Gasteiger partial charge in [0.2, 0.25) is 0 Å². The van der Waals surface area contributed by atoms with E-state index in [1.165, 1.54) is 6.07 Å². The quantitative estimate of drug-likeness (QED) is 0.946. The number of halogens is 2. The smallest absolute Gasteiger partial charge is 0.137 e. The second-order valence-corrected chi connectivity index (χ2v) is 4.74. The predicted molar refractivity (Wildman–Crippen MR) is 66.0 cm³/mol. The number of aliphatic hydroxyl groups is 1. The lowest BCUT2D eigenvalue weighted by atomic mass is 10.1. The van der Waals surface area contributed by atoms with Crippen molar-refractivity contribution in [2.45, 2.75) is 12.5 Å². The summed E-state index contributed by atoms with van der Waals surface area (Å²) in [4.78, 5) is 0. The maximum Gasteiger partial charge on any atom is 0.137 e. The summed E-state index contributed by atoms with van der Waals surface area (Å²) in [5.41, 5.74) is 1.48. The first kappa shape index (κ1) is 12.3. The van der Waals surface area contributed by atoms with Crippen LogP contribution in [0.25, 0.3) is 0 Å². The molecule has 0 aliphatic rings. The number of aromatic nitrogens is 2. The van der Waals surface area contributed by atoms with E-state index in [2.05, 4.69) is 21.0 Å². The zero-order chi connectivity index (χ0) is 12.4. The van der Waals surface area contributed by atoms with Crippen molar-refractivity contribution >= 4 is 15.9 Å². The zero-order valence-electron chi connectivity index (χ0n) is 9.27. The van der Waals surface area contributed by atoms with Crippen molar-refractivity contribution in [3.8, 4) is 0 Å². The molecule has 1 N–H and O–H groups in total. The normalized spacial score (nSPS) is 12.7. The molecule has 5 heteroatoms. The lowest BCUT2D eigenvalue weighted by molar-refractivity contribution is 0.172. The molecule has 0 fully saturated rings. The molecule has 17 heavy (non-hydrogen) atoms. The lowest BCUT2D eigenvalue weighted by Crippen LogP contribution is -2.03. The van der Waals surface area contributed by atoms with Crippen LogP contribution >= 0.6 is 15.9 Å². The van der Waals surface area contributed by atoms with Crippen molar-refractivity contribution in [1.29, 1.82) is 0 Å². The predicted octanol–water partition coefficient (Wildman–Crippen LogP) is 2.60. The number of hydrogen-bond acceptors (Lipinski definition) is 2. The van der Waals surface area contributed by atoms with E-state index < -0.39 is 6.10 Å². The van der Waals surface area contributed by atoms with E-state index >= 15 is 0 Å². The minimum Gasteiger partial charge on any atom is -0.386 e. The fourth-order valence-electron chi connectivity index (χ4n) is 1.61. The van der Waals surface area contributed by atoms with Gasteiger partial charge in [0.15, 0.2) is 0 Å². The number of benzene rings is 1. The first-order valence-corrected chi connectivity index (χ1v) is 5.97. The van der Waals surface area contributed by atoms with E-state index in [0.717, 1.165) is 5.56 Å². The van der Waals surface area contributed by atoms with Gasteiger partial charge in [0, 0.05) is 19.7 Å². The van der Waals surface area contributed by atoms with Crippen molar-refractivity contribution in [2.24, 2.45) is 7.05 Å². The van der Waals surface area contributed by atoms with Gasteiger partial charge in [0.25, 0.3) is 0 Å². The Labute approximate surface area is 107 Å². The number of hydrogen-bond donors (Lipinski definition) is 1. The molecule has 1 heterocycles. The van der Waals surface area contributed by atoms with Gasteiger partial charge < -0.3 is 5.11 Å². The van der Waals surface area contributed by atoms with E-state index in [0.29, 0.717) is 16.6 Å². The molecular formula is C12H12BrFN2O. The first-order chi connectivity index (χ1) is 8.06. The molecule has 2 rings (SSSR count). The van der Waals surface area contributed by atoms with Crippen LogP contribution in [0.3, 0.4) is 0 Å². The number of rotatable bonds is 3. The fourth-order valence-corrected chi connectivity index (χ4v) is 2.03. The molecule has 1 unspecified atom stereocenters. The Hall–Kier alpha value is -1.20. The van der Waals surface area contributed by atoms with Gasteiger partial charge in [-0.3, -0.25) is 4.68 Å². The van der Waals surface area contributed by atoms with E-state index in [1.54, 1.807) is 36.1 Å². The molecule has 0 amide bonds. The largest absolute Gasteiger partial charge is 0.386 e. The van der Waals surface area contributed by atoms with Gasteiger partial charge in [-0.05, 0) is 39.7 Å². The second kappa shape index (κ2) is 4.98. The van der Waals surface area contributed by atoms with Crippen LogP contribution in [0, 0.1) is 5.82 Å². The summed E-state index contributed by atoms with van der Waals surface area (Å²) >= 11 is 3.12. The van der Waals surface area contributed by atoms with Gasteiger partial charge in [0.05, 0.1) is 10.2 Å². The van der Waals surface area contributed by atoms with Gasteiger partial charge in [0.1, 0.15) is 11.9 Å². The maximum absolute atomic E-state index is 13.0. The topological polar surface area (TPSA) is 38.0 Å². The molecule has 0 saturated heterocycles. The Bertz CT molecular complexity index is 527. The van der Waals surface area contributed by atoms with Crippen LogP contribution in [0.15, 0.2) is 34.9 Å². The van der Waals surface area contributed by atoms with Crippen LogP contribution in [-0.2, 0) is 13.5 Å². The summed E-state index contributed by atoms with van der Waals surface area (Å²) in [7, 11) is 1.80. The van der Waals surface area contributed by atoms with Crippen molar-refractivity contribution in [3.63, 3.8) is 0 Å². The highest BCUT2D eigenvalue weighted by Gasteiger charge is 2.12. The molecule has 0 saturated carbocycles. The van der Waals surface area contributed by atoms with Crippen LogP contribution in [-0.4, -0.2) is 14.9 Å². The molecule has 0 aliphatic heterocycles. The molecule has 2 aromatic rings. The third-order valence-corrected chi connectivity index (χ3v) is 3.10. The summed E-state index contributed by atoms with van der Waals surface area (Å²) in [6.45, 7) is 0. The molecule has 90 valence electrons. The fraction of sp³-hybridized carbons (Fsp3) is 0.250. The van der Waals surface area contributed by atoms with Gasteiger partial charge in [-0.15, -0.1) is 0 Å². The van der Waals surface area contributed by atoms with Crippen LogP contribution in [0.4, 0.5) is 4.39 Å². The molecule has 0 aliphatic carbocycles. The average Bonchev–Trinajstić information content (AvgIpc) is 2.70. The third-order valence-electron chi connectivity index (χ3n) is 2.49.